The zero-order valence-electron chi connectivity index (χ0n) is 7.82. The number of ether oxygens (including phenoxy) is 2. The van der Waals surface area contributed by atoms with Crippen LogP contribution in [-0.2, 0) is 0 Å². The maximum absolute atomic E-state index is 13.3. The molecule has 0 bridgehead atoms. The van der Waals surface area contributed by atoms with Gasteiger partial charge in [0.25, 0.3) is 0 Å². The van der Waals surface area contributed by atoms with Gasteiger partial charge in [-0.3, -0.25) is 0 Å². The van der Waals surface area contributed by atoms with E-state index in [1.54, 1.807) is 0 Å². The number of thiol groups is 1. The first kappa shape index (κ1) is 11.1. The highest BCUT2D eigenvalue weighted by Crippen LogP contribution is 2.33. The van der Waals surface area contributed by atoms with Gasteiger partial charge in [0.05, 0.1) is 14.2 Å². The summed E-state index contributed by atoms with van der Waals surface area (Å²) in [5.41, 5.74) is -1.11. The van der Waals surface area contributed by atoms with Crippen LogP contribution in [0.25, 0.3) is 0 Å². The number of aliphatic hydroxyl groups is 1. The molecule has 1 rings (SSSR count). The van der Waals surface area contributed by atoms with Crippen LogP contribution in [0.5, 0.6) is 11.5 Å². The van der Waals surface area contributed by atoms with E-state index in [0.717, 1.165) is 6.07 Å². The highest BCUT2D eigenvalue weighted by molar-refractivity contribution is 7.80. The summed E-state index contributed by atoms with van der Waals surface area (Å²) in [6.45, 7) is 0. The summed E-state index contributed by atoms with van der Waals surface area (Å²) in [6.07, 6.45) is 0. The molecular formula is C9H11FO3S. The molecule has 0 saturated carbocycles. The molecule has 0 spiro atoms. The lowest BCUT2D eigenvalue weighted by atomic mass is 10.2. The molecule has 0 heterocycles. The van der Waals surface area contributed by atoms with Gasteiger partial charge >= 0.3 is 0 Å². The van der Waals surface area contributed by atoms with E-state index in [1.807, 2.05) is 0 Å². The number of hydrogen-bond acceptors (Lipinski definition) is 4. The van der Waals surface area contributed by atoms with Crippen LogP contribution in [0, 0.1) is 5.82 Å². The minimum atomic E-state index is -1.17. The first-order valence-corrected chi connectivity index (χ1v) is 4.39. The molecule has 1 N–H and O–H groups in total. The summed E-state index contributed by atoms with van der Waals surface area (Å²) in [5, 5.41) is 9.12. The Morgan fingerprint density at radius 2 is 1.79 bits per heavy atom. The number of methoxy groups -OCH3 is 2. The van der Waals surface area contributed by atoms with Gasteiger partial charge in [-0.1, -0.05) is 0 Å². The molecule has 1 aromatic carbocycles. The summed E-state index contributed by atoms with van der Waals surface area (Å²) in [4.78, 5) is 0. The number of halogens is 1. The van der Waals surface area contributed by atoms with E-state index in [0.29, 0.717) is 5.75 Å². The molecule has 0 saturated heterocycles. The van der Waals surface area contributed by atoms with Gasteiger partial charge < -0.3 is 14.6 Å². The highest BCUT2D eigenvalue weighted by Gasteiger charge is 2.14. The normalized spacial score (nSPS) is 12.4. The third-order valence-electron chi connectivity index (χ3n) is 1.78. The second-order valence-corrected chi connectivity index (χ2v) is 3.09. The minimum Gasteiger partial charge on any atom is -0.493 e. The quantitative estimate of drug-likeness (QED) is 0.600. The molecule has 0 aromatic heterocycles. The van der Waals surface area contributed by atoms with Crippen LogP contribution in [0.2, 0.25) is 0 Å². The van der Waals surface area contributed by atoms with Crippen molar-refractivity contribution < 1.29 is 19.0 Å². The van der Waals surface area contributed by atoms with Gasteiger partial charge in [-0.25, -0.2) is 4.39 Å². The van der Waals surface area contributed by atoms with Crippen molar-refractivity contribution >= 4 is 12.6 Å². The average molecular weight is 218 g/mol. The first-order valence-electron chi connectivity index (χ1n) is 3.87. The summed E-state index contributed by atoms with van der Waals surface area (Å²) in [6, 6.07) is 2.50. The first-order chi connectivity index (χ1) is 6.60. The molecule has 0 fully saturated rings. The molecule has 0 amide bonds. The maximum atomic E-state index is 13.3. The van der Waals surface area contributed by atoms with Crippen molar-refractivity contribution in [2.45, 2.75) is 5.44 Å². The van der Waals surface area contributed by atoms with Crippen LogP contribution < -0.4 is 9.47 Å². The van der Waals surface area contributed by atoms with Gasteiger partial charge in [-0.05, 0) is 6.07 Å². The van der Waals surface area contributed by atoms with Gasteiger partial charge in [0.15, 0.2) is 11.5 Å². The highest BCUT2D eigenvalue weighted by atomic mass is 32.1. The molecule has 1 atom stereocenters. The smallest absolute Gasteiger partial charge is 0.163 e. The predicted octanol–water partition coefficient (Wildman–Crippen LogP) is 1.76. The Balaban J connectivity index is 3.23. The van der Waals surface area contributed by atoms with E-state index in [1.165, 1.54) is 20.3 Å². The molecule has 5 heteroatoms. The van der Waals surface area contributed by atoms with Gasteiger partial charge in [-0.2, -0.15) is 0 Å². The molecule has 0 aliphatic rings. The van der Waals surface area contributed by atoms with Crippen LogP contribution in [0.4, 0.5) is 4.39 Å². The van der Waals surface area contributed by atoms with Crippen molar-refractivity contribution in [2.75, 3.05) is 14.2 Å². The second kappa shape index (κ2) is 4.52. The summed E-state index contributed by atoms with van der Waals surface area (Å²) >= 11 is 3.73. The second-order valence-electron chi connectivity index (χ2n) is 2.60. The van der Waals surface area contributed by atoms with Crippen LogP contribution in [-0.4, -0.2) is 19.3 Å². The largest absolute Gasteiger partial charge is 0.493 e. The van der Waals surface area contributed by atoms with Crippen molar-refractivity contribution in [3.63, 3.8) is 0 Å². The molecule has 78 valence electrons. The Morgan fingerprint density at radius 3 is 2.21 bits per heavy atom. The van der Waals surface area contributed by atoms with Gasteiger partial charge in [-0.15, -0.1) is 12.6 Å². The van der Waals surface area contributed by atoms with Gasteiger partial charge in [0.2, 0.25) is 0 Å². The fraction of sp³-hybridized carbons (Fsp3) is 0.333. The zero-order valence-corrected chi connectivity index (χ0v) is 8.72. The van der Waals surface area contributed by atoms with E-state index < -0.39 is 11.3 Å². The number of aliphatic hydroxyl groups excluding tert-OH is 1. The Kier molecular flexibility index (Phi) is 3.60. The maximum Gasteiger partial charge on any atom is 0.163 e. The van der Waals surface area contributed by atoms with Crippen molar-refractivity contribution in [1.29, 1.82) is 0 Å². The minimum absolute atomic E-state index is 0.0611. The lowest BCUT2D eigenvalue weighted by Gasteiger charge is -2.11. The van der Waals surface area contributed by atoms with Gasteiger partial charge in [0.1, 0.15) is 11.3 Å². The number of hydrogen-bond donors (Lipinski definition) is 2. The molecule has 3 nitrogen and oxygen atoms in total. The van der Waals surface area contributed by atoms with E-state index in [-0.39, 0.29) is 11.3 Å². The number of rotatable bonds is 3. The van der Waals surface area contributed by atoms with Crippen LogP contribution in [0.3, 0.4) is 0 Å². The summed E-state index contributed by atoms with van der Waals surface area (Å²) in [7, 11) is 2.85. The Labute approximate surface area is 86.9 Å². The molecule has 1 aromatic rings. The van der Waals surface area contributed by atoms with E-state index in [2.05, 4.69) is 12.6 Å². The molecule has 0 radical (unpaired) electrons. The lowest BCUT2D eigenvalue weighted by Crippen LogP contribution is -1.98. The molecule has 0 aliphatic carbocycles. The van der Waals surface area contributed by atoms with Crippen LogP contribution >= 0.6 is 12.6 Å². The van der Waals surface area contributed by atoms with Crippen LogP contribution in [0.1, 0.15) is 11.0 Å². The topological polar surface area (TPSA) is 38.7 Å². The van der Waals surface area contributed by atoms with Crippen LogP contribution in [0.15, 0.2) is 12.1 Å². The Hall–Kier alpha value is -0.940. The van der Waals surface area contributed by atoms with Crippen molar-refractivity contribution in [3.05, 3.63) is 23.5 Å². The summed E-state index contributed by atoms with van der Waals surface area (Å²) < 4.78 is 23.1. The lowest BCUT2D eigenvalue weighted by molar-refractivity contribution is 0.264. The number of benzene rings is 1. The summed E-state index contributed by atoms with van der Waals surface area (Å²) in [5.74, 6) is 0.0601. The van der Waals surface area contributed by atoms with E-state index >= 15 is 0 Å². The fourth-order valence-corrected chi connectivity index (χ4v) is 1.27. The zero-order chi connectivity index (χ0) is 10.7. The Morgan fingerprint density at radius 1 is 1.29 bits per heavy atom. The molecule has 1 unspecified atom stereocenters. The molecule has 14 heavy (non-hydrogen) atoms. The SMILES string of the molecule is COc1cc(F)c(C(O)S)cc1OC. The average Bonchev–Trinajstić information content (AvgIpc) is 2.16. The van der Waals surface area contributed by atoms with Crippen molar-refractivity contribution in [3.8, 4) is 11.5 Å². The van der Waals surface area contributed by atoms with Crippen molar-refractivity contribution in [2.24, 2.45) is 0 Å². The third-order valence-corrected chi connectivity index (χ3v) is 2.06. The predicted molar refractivity (Wildman–Crippen MR) is 53.4 cm³/mol. The van der Waals surface area contributed by atoms with E-state index in [4.69, 9.17) is 14.6 Å². The Bertz CT molecular complexity index is 328. The standard InChI is InChI=1S/C9H11FO3S/c1-12-7-3-5(9(11)14)6(10)4-8(7)13-2/h3-4,9,11,14H,1-2H3. The van der Waals surface area contributed by atoms with Crippen molar-refractivity contribution in [1.82, 2.24) is 0 Å². The third kappa shape index (κ3) is 2.10. The molecular weight excluding hydrogens is 207 g/mol. The monoisotopic (exact) mass is 218 g/mol. The molecule has 0 aliphatic heterocycles. The van der Waals surface area contributed by atoms with Gasteiger partial charge in [0, 0.05) is 11.6 Å². The fourth-order valence-electron chi connectivity index (χ4n) is 1.07. The van der Waals surface area contributed by atoms with E-state index in [9.17, 15) is 4.39 Å².